The Kier molecular flexibility index (Phi) is 5.47. The number of hydrogen-bond donors (Lipinski definition) is 3. The maximum Gasteiger partial charge on any atom is 0.335 e. The molecule has 0 atom stereocenters. The summed E-state index contributed by atoms with van der Waals surface area (Å²) in [5.41, 5.74) is -0.504. The normalized spacial score (nSPS) is 11.8. The van der Waals surface area contributed by atoms with Crippen molar-refractivity contribution in [2.24, 2.45) is 5.14 Å². The highest BCUT2D eigenvalue weighted by atomic mass is 35.5. The lowest BCUT2D eigenvalue weighted by Gasteiger charge is -2.14. The molecule has 0 heterocycles. The van der Waals surface area contributed by atoms with E-state index in [4.69, 9.17) is 26.6 Å². The van der Waals surface area contributed by atoms with Crippen LogP contribution in [0.5, 0.6) is 5.75 Å². The number of sulfonamides is 2. The van der Waals surface area contributed by atoms with Crippen LogP contribution in [0.1, 0.15) is 10.4 Å². The van der Waals surface area contributed by atoms with Crippen molar-refractivity contribution in [3.8, 4) is 5.75 Å². The summed E-state index contributed by atoms with van der Waals surface area (Å²) in [6, 6.07) is 6.48. The lowest BCUT2D eigenvalue weighted by molar-refractivity contribution is 0.0696. The van der Waals surface area contributed by atoms with Gasteiger partial charge in [-0.1, -0.05) is 11.6 Å². The van der Waals surface area contributed by atoms with Crippen LogP contribution in [0.2, 0.25) is 5.02 Å². The number of halogens is 1. The van der Waals surface area contributed by atoms with Crippen molar-refractivity contribution in [1.82, 2.24) is 0 Å². The Balaban J connectivity index is 2.57. The van der Waals surface area contributed by atoms with Gasteiger partial charge in [-0.3, -0.25) is 4.72 Å². The molecular formula is C14H13ClN2O7S2. The van der Waals surface area contributed by atoms with Gasteiger partial charge in [-0.2, -0.15) is 0 Å². The fraction of sp³-hybridized carbons (Fsp3) is 0.0714. The summed E-state index contributed by atoms with van der Waals surface area (Å²) < 4.78 is 55.3. The fourth-order valence-electron chi connectivity index (χ4n) is 1.99. The van der Waals surface area contributed by atoms with Gasteiger partial charge in [-0.15, -0.1) is 0 Å². The Morgan fingerprint density at radius 3 is 2.35 bits per heavy atom. The highest BCUT2D eigenvalue weighted by molar-refractivity contribution is 7.93. The highest BCUT2D eigenvalue weighted by Crippen LogP contribution is 2.31. The molecule has 9 nitrogen and oxygen atoms in total. The van der Waals surface area contributed by atoms with Gasteiger partial charge in [0.2, 0.25) is 10.0 Å². The number of carboxylic acid groups (broad SMARTS) is 1. The second-order valence-electron chi connectivity index (χ2n) is 4.96. The number of rotatable bonds is 6. The summed E-state index contributed by atoms with van der Waals surface area (Å²) in [7, 11) is -7.19. The summed E-state index contributed by atoms with van der Waals surface area (Å²) in [5.74, 6) is -1.32. The summed E-state index contributed by atoms with van der Waals surface area (Å²) in [5, 5.41) is 13.8. The van der Waals surface area contributed by atoms with Gasteiger partial charge in [0.1, 0.15) is 10.6 Å². The summed E-state index contributed by atoms with van der Waals surface area (Å²) in [6.45, 7) is 0. The number of primary sulfonamides is 1. The van der Waals surface area contributed by atoms with Crippen molar-refractivity contribution in [3.05, 3.63) is 47.0 Å². The zero-order valence-corrected chi connectivity index (χ0v) is 15.5. The number of ether oxygens (including phenoxy) is 1. The Bertz CT molecular complexity index is 1080. The van der Waals surface area contributed by atoms with E-state index in [1.54, 1.807) is 0 Å². The van der Waals surface area contributed by atoms with Gasteiger partial charge >= 0.3 is 5.97 Å². The standard InChI is InChI=1S/C14H13ClN2O7S2/c1-24-12-5-3-9(25(16,20)21)7-11(12)17-26(22,23)13-6-8(14(18)19)2-4-10(13)15/h2-7,17H,1H3,(H,18,19)(H2,16,20,21). The molecule has 2 aromatic carbocycles. The van der Waals surface area contributed by atoms with Crippen LogP contribution in [0.4, 0.5) is 5.69 Å². The molecule has 12 heteroatoms. The third kappa shape index (κ3) is 4.25. The Morgan fingerprint density at radius 2 is 1.81 bits per heavy atom. The Labute approximate surface area is 154 Å². The fourth-order valence-corrected chi connectivity index (χ4v) is 4.11. The van der Waals surface area contributed by atoms with Crippen LogP contribution in [0, 0.1) is 0 Å². The van der Waals surface area contributed by atoms with E-state index < -0.39 is 30.9 Å². The monoisotopic (exact) mass is 420 g/mol. The van der Waals surface area contributed by atoms with Gasteiger partial charge in [0, 0.05) is 0 Å². The van der Waals surface area contributed by atoms with Crippen LogP contribution >= 0.6 is 11.6 Å². The van der Waals surface area contributed by atoms with E-state index in [0.717, 1.165) is 30.3 Å². The zero-order chi connectivity index (χ0) is 19.7. The number of carbonyl (C=O) groups is 1. The molecule has 26 heavy (non-hydrogen) atoms. The molecule has 0 aromatic heterocycles. The Morgan fingerprint density at radius 1 is 1.15 bits per heavy atom. The molecule has 0 bridgehead atoms. The zero-order valence-electron chi connectivity index (χ0n) is 13.1. The van der Waals surface area contributed by atoms with Gasteiger partial charge in [0.15, 0.2) is 0 Å². The van der Waals surface area contributed by atoms with Crippen LogP contribution in [0.25, 0.3) is 0 Å². The van der Waals surface area contributed by atoms with Crippen molar-refractivity contribution >= 4 is 43.3 Å². The number of carboxylic acids is 1. The van der Waals surface area contributed by atoms with Crippen LogP contribution in [0.15, 0.2) is 46.2 Å². The van der Waals surface area contributed by atoms with Crippen molar-refractivity contribution < 1.29 is 31.5 Å². The van der Waals surface area contributed by atoms with Crippen molar-refractivity contribution in [1.29, 1.82) is 0 Å². The average molecular weight is 421 g/mol. The topological polar surface area (TPSA) is 153 Å². The molecule has 0 saturated heterocycles. The number of benzene rings is 2. The van der Waals surface area contributed by atoms with E-state index >= 15 is 0 Å². The Hall–Kier alpha value is -2.34. The second-order valence-corrected chi connectivity index (χ2v) is 8.58. The summed E-state index contributed by atoms with van der Waals surface area (Å²) >= 11 is 5.87. The minimum atomic E-state index is -4.36. The van der Waals surface area contributed by atoms with E-state index in [2.05, 4.69) is 4.72 Å². The molecule has 0 spiro atoms. The molecule has 0 radical (unpaired) electrons. The maximum atomic E-state index is 12.6. The maximum absolute atomic E-state index is 12.6. The van der Waals surface area contributed by atoms with Crippen LogP contribution in [-0.2, 0) is 20.0 Å². The molecule has 0 unspecified atom stereocenters. The molecule has 2 aromatic rings. The lowest BCUT2D eigenvalue weighted by atomic mass is 10.2. The quantitative estimate of drug-likeness (QED) is 0.639. The molecule has 0 saturated carbocycles. The van der Waals surface area contributed by atoms with Crippen molar-refractivity contribution in [2.45, 2.75) is 9.79 Å². The first-order valence-electron chi connectivity index (χ1n) is 6.72. The number of nitrogens with two attached hydrogens (primary N) is 1. The molecule has 0 aliphatic carbocycles. The number of aromatic carboxylic acids is 1. The highest BCUT2D eigenvalue weighted by Gasteiger charge is 2.23. The molecular weight excluding hydrogens is 408 g/mol. The van der Waals surface area contributed by atoms with Gasteiger partial charge in [-0.05, 0) is 36.4 Å². The van der Waals surface area contributed by atoms with E-state index in [0.29, 0.717) is 0 Å². The van der Waals surface area contributed by atoms with Crippen LogP contribution < -0.4 is 14.6 Å². The summed E-state index contributed by atoms with van der Waals surface area (Å²) in [4.78, 5) is 10.2. The third-order valence-corrected chi connectivity index (χ3v) is 5.97. The van der Waals surface area contributed by atoms with Gasteiger partial charge in [-0.25, -0.2) is 26.8 Å². The van der Waals surface area contributed by atoms with E-state index in [1.165, 1.54) is 13.2 Å². The van der Waals surface area contributed by atoms with E-state index in [1.807, 2.05) is 0 Å². The predicted molar refractivity (Wildman–Crippen MR) is 93.6 cm³/mol. The lowest BCUT2D eigenvalue weighted by Crippen LogP contribution is -2.17. The smallest absolute Gasteiger partial charge is 0.335 e. The predicted octanol–water partition coefficient (Wildman–Crippen LogP) is 1.50. The first-order valence-corrected chi connectivity index (χ1v) is 10.1. The first kappa shape index (κ1) is 20.0. The molecule has 0 aliphatic heterocycles. The van der Waals surface area contributed by atoms with Crippen molar-refractivity contribution in [2.75, 3.05) is 11.8 Å². The number of hydrogen-bond acceptors (Lipinski definition) is 6. The van der Waals surface area contributed by atoms with E-state index in [-0.39, 0.29) is 26.9 Å². The average Bonchev–Trinajstić information content (AvgIpc) is 2.53. The minimum Gasteiger partial charge on any atom is -0.495 e. The minimum absolute atomic E-state index is 0.0199. The van der Waals surface area contributed by atoms with Gasteiger partial charge < -0.3 is 9.84 Å². The number of methoxy groups -OCH3 is 1. The van der Waals surface area contributed by atoms with Crippen LogP contribution in [-0.4, -0.2) is 35.0 Å². The summed E-state index contributed by atoms with van der Waals surface area (Å²) in [6.07, 6.45) is 0. The van der Waals surface area contributed by atoms with E-state index in [9.17, 15) is 21.6 Å². The van der Waals surface area contributed by atoms with Gasteiger partial charge in [0.25, 0.3) is 10.0 Å². The van der Waals surface area contributed by atoms with Crippen molar-refractivity contribution in [3.63, 3.8) is 0 Å². The SMILES string of the molecule is COc1ccc(S(N)(=O)=O)cc1NS(=O)(=O)c1cc(C(=O)O)ccc1Cl. The molecule has 4 N–H and O–H groups in total. The molecule has 0 fully saturated rings. The molecule has 0 amide bonds. The molecule has 0 aliphatic rings. The third-order valence-electron chi connectivity index (χ3n) is 3.21. The number of nitrogens with one attached hydrogen (secondary N) is 1. The first-order chi connectivity index (χ1) is 12.0. The number of anilines is 1. The molecule has 2 rings (SSSR count). The largest absolute Gasteiger partial charge is 0.495 e. The van der Waals surface area contributed by atoms with Crippen LogP contribution in [0.3, 0.4) is 0 Å². The second kappa shape index (κ2) is 7.11. The van der Waals surface area contributed by atoms with Gasteiger partial charge in [0.05, 0.1) is 28.3 Å². The molecule has 140 valence electrons.